The normalized spacial score (nSPS) is 24.6. The highest BCUT2D eigenvalue weighted by Gasteiger charge is 2.42. The van der Waals surface area contributed by atoms with Crippen LogP contribution < -0.4 is 5.32 Å². The lowest BCUT2D eigenvalue weighted by Crippen LogP contribution is -2.36. The molecule has 1 aromatic heterocycles. The first kappa shape index (κ1) is 11.0. The summed E-state index contributed by atoms with van der Waals surface area (Å²) in [5.41, 5.74) is 0. The third-order valence-electron chi connectivity index (χ3n) is 4.73. The van der Waals surface area contributed by atoms with Crippen molar-refractivity contribution >= 4 is 0 Å². The highest BCUT2D eigenvalue weighted by Crippen LogP contribution is 2.45. The number of hydrogen-bond acceptors (Lipinski definition) is 3. The fourth-order valence-corrected chi connectivity index (χ4v) is 3.42. The van der Waals surface area contributed by atoms with Crippen molar-refractivity contribution < 1.29 is 0 Å². The molecule has 3 aliphatic rings. The minimum Gasteiger partial charge on any atom is -0.314 e. The summed E-state index contributed by atoms with van der Waals surface area (Å²) in [5, 5.41) is 12.6. The van der Waals surface area contributed by atoms with Gasteiger partial charge in [0.2, 0.25) is 0 Å². The van der Waals surface area contributed by atoms with Crippen molar-refractivity contribution in [3.63, 3.8) is 0 Å². The number of aromatic nitrogens is 3. The third kappa shape index (κ3) is 1.87. The predicted molar refractivity (Wildman–Crippen MR) is 69.1 cm³/mol. The molecule has 2 heterocycles. The van der Waals surface area contributed by atoms with Gasteiger partial charge in [-0.3, -0.25) is 0 Å². The van der Waals surface area contributed by atoms with E-state index >= 15 is 0 Å². The van der Waals surface area contributed by atoms with Crippen molar-refractivity contribution in [3.8, 4) is 0 Å². The van der Waals surface area contributed by atoms with E-state index < -0.39 is 0 Å². The van der Waals surface area contributed by atoms with E-state index in [0.717, 1.165) is 36.7 Å². The summed E-state index contributed by atoms with van der Waals surface area (Å²) in [5.74, 6) is 4.24. The molecule has 4 heteroatoms. The van der Waals surface area contributed by atoms with E-state index in [1.54, 1.807) is 0 Å². The topological polar surface area (TPSA) is 42.7 Å². The number of rotatable bonds is 5. The van der Waals surface area contributed by atoms with Crippen molar-refractivity contribution in [2.24, 2.45) is 11.8 Å². The molecular weight excluding hydrogens is 224 g/mol. The van der Waals surface area contributed by atoms with Crippen LogP contribution in [0.3, 0.4) is 0 Å². The van der Waals surface area contributed by atoms with Crippen LogP contribution in [0.4, 0.5) is 0 Å². The summed E-state index contributed by atoms with van der Waals surface area (Å²) in [6, 6.07) is 1.10. The first-order valence-corrected chi connectivity index (χ1v) is 7.51. The summed E-state index contributed by atoms with van der Waals surface area (Å²) in [6.07, 6.45) is 8.06. The van der Waals surface area contributed by atoms with Gasteiger partial charge in [0.25, 0.3) is 0 Å². The molecule has 18 heavy (non-hydrogen) atoms. The molecule has 0 aromatic carbocycles. The van der Waals surface area contributed by atoms with Gasteiger partial charge in [0.15, 0.2) is 0 Å². The van der Waals surface area contributed by atoms with Crippen LogP contribution in [0.25, 0.3) is 0 Å². The first-order chi connectivity index (χ1) is 8.83. The summed E-state index contributed by atoms with van der Waals surface area (Å²) in [4.78, 5) is 0. The zero-order chi connectivity index (χ0) is 12.1. The minimum atomic E-state index is 0.357. The molecule has 1 N–H and O–H groups in total. The van der Waals surface area contributed by atoms with Crippen LogP contribution in [0, 0.1) is 11.8 Å². The molecule has 1 unspecified atom stereocenters. The quantitative estimate of drug-likeness (QED) is 0.865. The molecule has 0 bridgehead atoms. The van der Waals surface area contributed by atoms with Crippen molar-refractivity contribution in [2.45, 2.75) is 64.1 Å². The standard InChI is InChI=1S/C14H22N4/c1-9(14-17-16-12-3-2-8-18(12)14)15-13(10-4-5-10)11-6-7-11/h9-11,13,15H,2-8H2,1H3. The van der Waals surface area contributed by atoms with Crippen molar-refractivity contribution in [1.29, 1.82) is 0 Å². The van der Waals surface area contributed by atoms with Gasteiger partial charge in [-0.25, -0.2) is 0 Å². The fourth-order valence-electron chi connectivity index (χ4n) is 3.42. The second-order valence-corrected chi connectivity index (χ2v) is 6.32. The lowest BCUT2D eigenvalue weighted by atomic mass is 10.1. The lowest BCUT2D eigenvalue weighted by Gasteiger charge is -2.22. The third-order valence-corrected chi connectivity index (χ3v) is 4.73. The molecule has 98 valence electrons. The van der Waals surface area contributed by atoms with E-state index in [2.05, 4.69) is 27.0 Å². The first-order valence-electron chi connectivity index (χ1n) is 7.51. The Bertz CT molecular complexity index is 433. The monoisotopic (exact) mass is 246 g/mol. The molecule has 1 aliphatic heterocycles. The molecule has 0 amide bonds. The van der Waals surface area contributed by atoms with E-state index in [1.165, 1.54) is 37.9 Å². The zero-order valence-corrected chi connectivity index (χ0v) is 11.1. The molecule has 0 spiro atoms. The summed E-state index contributed by atoms with van der Waals surface area (Å²) < 4.78 is 2.33. The van der Waals surface area contributed by atoms with Gasteiger partial charge >= 0.3 is 0 Å². The van der Waals surface area contributed by atoms with Gasteiger partial charge in [-0.05, 0) is 50.9 Å². The van der Waals surface area contributed by atoms with Gasteiger partial charge < -0.3 is 9.88 Å². The van der Waals surface area contributed by atoms with Crippen LogP contribution in [0.5, 0.6) is 0 Å². The summed E-state index contributed by atoms with van der Waals surface area (Å²) in [6.45, 7) is 3.37. The highest BCUT2D eigenvalue weighted by molar-refractivity contribution is 5.06. The molecule has 4 rings (SSSR count). The highest BCUT2D eigenvalue weighted by atomic mass is 15.3. The number of nitrogens with zero attached hydrogens (tertiary/aromatic N) is 3. The summed E-state index contributed by atoms with van der Waals surface area (Å²) >= 11 is 0. The Morgan fingerprint density at radius 3 is 2.56 bits per heavy atom. The second-order valence-electron chi connectivity index (χ2n) is 6.32. The maximum Gasteiger partial charge on any atom is 0.149 e. The van der Waals surface area contributed by atoms with Crippen molar-refractivity contribution in [1.82, 2.24) is 20.1 Å². The molecule has 0 saturated heterocycles. The molecule has 2 fully saturated rings. The molecular formula is C14H22N4. The fraction of sp³-hybridized carbons (Fsp3) is 0.857. The number of aryl methyl sites for hydroxylation is 1. The van der Waals surface area contributed by atoms with Crippen LogP contribution in [-0.2, 0) is 13.0 Å². The van der Waals surface area contributed by atoms with E-state index in [1.807, 2.05) is 0 Å². The number of hydrogen-bond donors (Lipinski definition) is 1. The Morgan fingerprint density at radius 1 is 1.17 bits per heavy atom. The Kier molecular flexibility index (Phi) is 2.47. The van der Waals surface area contributed by atoms with Gasteiger partial charge in [-0.1, -0.05) is 0 Å². The van der Waals surface area contributed by atoms with E-state index in [4.69, 9.17) is 0 Å². The van der Waals surface area contributed by atoms with Crippen molar-refractivity contribution in [2.75, 3.05) is 0 Å². The Labute approximate surface area is 108 Å². The molecule has 2 aliphatic carbocycles. The largest absolute Gasteiger partial charge is 0.314 e. The summed E-state index contributed by atoms with van der Waals surface area (Å²) in [7, 11) is 0. The van der Waals surface area contributed by atoms with Crippen LogP contribution in [-0.4, -0.2) is 20.8 Å². The Balaban J connectivity index is 1.49. The Morgan fingerprint density at radius 2 is 1.89 bits per heavy atom. The van der Waals surface area contributed by atoms with E-state index in [9.17, 15) is 0 Å². The minimum absolute atomic E-state index is 0.357. The van der Waals surface area contributed by atoms with Crippen LogP contribution >= 0.6 is 0 Å². The average Bonchev–Trinajstić information content (AvgIpc) is 3.26. The molecule has 2 saturated carbocycles. The second kappa shape index (κ2) is 4.05. The van der Waals surface area contributed by atoms with Gasteiger partial charge in [0.1, 0.15) is 11.6 Å². The molecule has 4 nitrogen and oxygen atoms in total. The maximum absolute atomic E-state index is 4.40. The van der Waals surface area contributed by atoms with Gasteiger partial charge in [-0.15, -0.1) is 10.2 Å². The van der Waals surface area contributed by atoms with Crippen molar-refractivity contribution in [3.05, 3.63) is 11.6 Å². The number of nitrogens with one attached hydrogen (secondary N) is 1. The van der Waals surface area contributed by atoms with Gasteiger partial charge in [0.05, 0.1) is 6.04 Å². The SMILES string of the molecule is CC(NC(C1CC1)C1CC1)c1nnc2n1CCC2. The lowest BCUT2D eigenvalue weighted by molar-refractivity contribution is 0.364. The van der Waals surface area contributed by atoms with Gasteiger partial charge in [-0.2, -0.15) is 0 Å². The average molecular weight is 246 g/mol. The van der Waals surface area contributed by atoms with Gasteiger partial charge in [0, 0.05) is 19.0 Å². The Hall–Kier alpha value is -0.900. The van der Waals surface area contributed by atoms with Crippen LogP contribution in [0.2, 0.25) is 0 Å². The number of fused-ring (bicyclic) bond motifs is 1. The van der Waals surface area contributed by atoms with E-state index in [-0.39, 0.29) is 0 Å². The van der Waals surface area contributed by atoms with Crippen LogP contribution in [0.1, 0.15) is 56.7 Å². The smallest absolute Gasteiger partial charge is 0.149 e. The predicted octanol–water partition coefficient (Wildman–Crippen LogP) is 2.06. The molecule has 0 radical (unpaired) electrons. The van der Waals surface area contributed by atoms with Crippen LogP contribution in [0.15, 0.2) is 0 Å². The maximum atomic E-state index is 4.40. The molecule has 1 aromatic rings. The zero-order valence-electron chi connectivity index (χ0n) is 11.1. The molecule has 1 atom stereocenters. The van der Waals surface area contributed by atoms with E-state index in [0.29, 0.717) is 6.04 Å².